The standard InChI is InChI=1S/2C6H5.C5H11.CH2O.H3P.Rh.H/c2*1-2-4-6-5-3-1;1-5(2,3)4;1-2;;;/h2*1-5H;1H2,2-4H3;1H2;1H3;;/q3*-1;;;+3;-1. The molecule has 2 aromatic carbocycles. The average Bonchev–Trinajstić information content (AvgIpc) is 2.44. The summed E-state index contributed by atoms with van der Waals surface area (Å²) >= 11 is 0. The van der Waals surface area contributed by atoms with E-state index >= 15 is 0 Å². The molecule has 0 saturated carbocycles. The number of carbonyl (C=O) groups is 1. The van der Waals surface area contributed by atoms with Crippen LogP contribution in [0, 0.1) is 24.5 Å². The van der Waals surface area contributed by atoms with Gasteiger partial charge in [0.25, 0.3) is 0 Å². The molecule has 1 unspecified atom stereocenters. The maximum atomic E-state index is 8.00. The molecule has 1 nitrogen and oxygen atoms in total. The summed E-state index contributed by atoms with van der Waals surface area (Å²) < 4.78 is 0. The monoisotopic (exact) mass is 393 g/mol. The van der Waals surface area contributed by atoms with Crippen LogP contribution < -0.4 is 0 Å². The van der Waals surface area contributed by atoms with Gasteiger partial charge in [-0.15, -0.1) is 0 Å². The summed E-state index contributed by atoms with van der Waals surface area (Å²) in [6.45, 7) is 12.0. The van der Waals surface area contributed by atoms with E-state index in [9.17, 15) is 0 Å². The van der Waals surface area contributed by atoms with E-state index in [4.69, 9.17) is 4.79 Å². The van der Waals surface area contributed by atoms with E-state index in [1.807, 2.05) is 67.5 Å². The summed E-state index contributed by atoms with van der Waals surface area (Å²) in [5.74, 6) is 0. The fourth-order valence-electron chi connectivity index (χ4n) is 0.684. The van der Waals surface area contributed by atoms with Crippen LogP contribution >= 0.6 is 9.90 Å². The number of rotatable bonds is 0. The van der Waals surface area contributed by atoms with Crippen molar-refractivity contribution in [2.45, 2.75) is 20.8 Å². The number of benzene rings is 2. The largest absolute Gasteiger partial charge is 3.00 e. The first-order valence-electron chi connectivity index (χ1n) is 5.96. The van der Waals surface area contributed by atoms with Crippen molar-refractivity contribution < 1.29 is 25.7 Å². The summed E-state index contributed by atoms with van der Waals surface area (Å²) in [5.41, 5.74) is 0.250. The number of carbonyl (C=O) groups excluding carboxylic acids is 1. The second-order valence-electron chi connectivity index (χ2n) is 4.72. The van der Waals surface area contributed by atoms with Gasteiger partial charge in [-0.1, -0.05) is 20.8 Å². The van der Waals surface area contributed by atoms with Gasteiger partial charge in [0.15, 0.2) is 0 Å². The Balaban J connectivity index is -0.0000000587. The van der Waals surface area contributed by atoms with Crippen LogP contribution in [-0.2, 0) is 24.3 Å². The summed E-state index contributed by atoms with van der Waals surface area (Å²) in [5, 5.41) is 0. The summed E-state index contributed by atoms with van der Waals surface area (Å²) in [6, 6.07) is 25.0. The van der Waals surface area contributed by atoms with Crippen LogP contribution in [0.25, 0.3) is 0 Å². The van der Waals surface area contributed by atoms with Gasteiger partial charge in [0, 0.05) is 0 Å². The Hall–Kier alpha value is -0.837. The second kappa shape index (κ2) is 21.5. The average molecular weight is 393 g/mol. The van der Waals surface area contributed by atoms with Crippen molar-refractivity contribution in [1.29, 1.82) is 0 Å². The molecule has 0 aromatic heterocycles. The molecule has 0 aliphatic carbocycles. The Morgan fingerprint density at radius 1 is 0.810 bits per heavy atom. The van der Waals surface area contributed by atoms with Crippen LogP contribution in [0.3, 0.4) is 0 Å². The van der Waals surface area contributed by atoms with Gasteiger partial charge in [-0.25, -0.2) is 0 Å². The second-order valence-corrected chi connectivity index (χ2v) is 4.72. The van der Waals surface area contributed by atoms with Crippen LogP contribution in [0.2, 0.25) is 0 Å². The zero-order valence-corrected chi connectivity index (χ0v) is 16.2. The molecule has 0 N–H and O–H groups in total. The fraction of sp³-hybridized carbons (Fsp3) is 0.222. The van der Waals surface area contributed by atoms with Gasteiger partial charge in [0.2, 0.25) is 0 Å². The maximum Gasteiger partial charge on any atom is 3.00 e. The summed E-state index contributed by atoms with van der Waals surface area (Å²) in [4.78, 5) is 8.00. The first kappa shape index (κ1) is 28.3. The first-order valence-corrected chi connectivity index (χ1v) is 5.96. The topological polar surface area (TPSA) is 17.1 Å². The van der Waals surface area contributed by atoms with Gasteiger partial charge >= 0.3 is 19.5 Å². The third-order valence-electron chi connectivity index (χ3n) is 1.21. The third-order valence-corrected chi connectivity index (χ3v) is 1.21. The van der Waals surface area contributed by atoms with Crippen molar-refractivity contribution in [3.05, 3.63) is 79.7 Å². The SMILES string of the molecule is C=O.P.[CH2-]C(C)(C)C.[H-].[Rh+3].[c-]1ccccc1.[c-]1ccccc1. The first-order chi connectivity index (χ1) is 9.00. The van der Waals surface area contributed by atoms with Crippen LogP contribution in [0.15, 0.2) is 60.7 Å². The Labute approximate surface area is 148 Å². The molecule has 0 aliphatic heterocycles. The fourth-order valence-corrected chi connectivity index (χ4v) is 0.684. The van der Waals surface area contributed by atoms with Gasteiger partial charge in [-0.2, -0.15) is 88.1 Å². The maximum absolute atomic E-state index is 8.00. The molecule has 3 heteroatoms. The van der Waals surface area contributed by atoms with Crippen molar-refractivity contribution >= 4 is 16.7 Å². The van der Waals surface area contributed by atoms with Crippen molar-refractivity contribution in [2.75, 3.05) is 0 Å². The molecule has 0 saturated heterocycles. The van der Waals surface area contributed by atoms with E-state index in [1.165, 1.54) is 0 Å². The zero-order valence-electron chi connectivity index (χ0n) is 14.1. The molecule has 0 radical (unpaired) electrons. The normalized spacial score (nSPS) is 7.62. The molecule has 0 fully saturated rings. The van der Waals surface area contributed by atoms with Gasteiger partial charge in [0.1, 0.15) is 6.79 Å². The molecule has 2 aromatic rings. The molecule has 21 heavy (non-hydrogen) atoms. The van der Waals surface area contributed by atoms with Crippen molar-refractivity contribution in [1.82, 2.24) is 0 Å². The predicted molar refractivity (Wildman–Crippen MR) is 94.7 cm³/mol. The van der Waals surface area contributed by atoms with Crippen LogP contribution in [0.5, 0.6) is 0 Å². The number of hydrogen-bond donors (Lipinski definition) is 0. The van der Waals surface area contributed by atoms with E-state index < -0.39 is 0 Å². The van der Waals surface area contributed by atoms with Crippen LogP contribution in [0.4, 0.5) is 0 Å². The molecule has 0 bridgehead atoms. The van der Waals surface area contributed by atoms with E-state index in [2.05, 4.69) is 39.8 Å². The van der Waals surface area contributed by atoms with Gasteiger partial charge < -0.3 is 13.1 Å². The zero-order chi connectivity index (χ0) is 15.0. The quantitative estimate of drug-likeness (QED) is 0.356. The van der Waals surface area contributed by atoms with Gasteiger partial charge in [0.05, 0.1) is 0 Å². The molecular weight excluding hydrogens is 366 g/mol. The molecule has 1 atom stereocenters. The Kier molecular flexibility index (Phi) is 29.0. The third kappa shape index (κ3) is 45.3. The molecule has 0 spiro atoms. The Morgan fingerprint density at radius 3 is 1.05 bits per heavy atom. The summed E-state index contributed by atoms with van der Waals surface area (Å²) in [7, 11) is 0. The number of hydrogen-bond acceptors (Lipinski definition) is 1. The van der Waals surface area contributed by atoms with E-state index in [1.54, 1.807) is 0 Å². The van der Waals surface area contributed by atoms with Gasteiger partial charge in [-0.05, 0) is 0 Å². The van der Waals surface area contributed by atoms with E-state index in [0.29, 0.717) is 0 Å². The smallest absolute Gasteiger partial charge is 1.00 e. The van der Waals surface area contributed by atoms with Crippen molar-refractivity contribution in [3.63, 3.8) is 0 Å². The van der Waals surface area contributed by atoms with Crippen molar-refractivity contribution in [2.24, 2.45) is 5.41 Å². The van der Waals surface area contributed by atoms with E-state index in [-0.39, 0.29) is 36.2 Å². The Morgan fingerprint density at radius 2 is 1.00 bits per heavy atom. The summed E-state index contributed by atoms with van der Waals surface area (Å²) in [6.07, 6.45) is 0. The molecule has 120 valence electrons. The van der Waals surface area contributed by atoms with Crippen LogP contribution in [-0.4, -0.2) is 6.79 Å². The van der Waals surface area contributed by atoms with Gasteiger partial charge in [-0.3, -0.25) is 0 Å². The van der Waals surface area contributed by atoms with E-state index in [0.717, 1.165) is 0 Å². The molecule has 0 amide bonds. The molecule has 2 rings (SSSR count). The molecule has 0 heterocycles. The minimum atomic E-state index is 0. The Bertz CT molecular complexity index is 275. The molecular formula is C18H27OPRh-. The minimum absolute atomic E-state index is 0. The van der Waals surface area contributed by atoms with Crippen LogP contribution in [0.1, 0.15) is 22.2 Å². The minimum Gasteiger partial charge on any atom is -1.00 e. The predicted octanol–water partition coefficient (Wildman–Crippen LogP) is 4.82. The van der Waals surface area contributed by atoms with Crippen molar-refractivity contribution in [3.8, 4) is 0 Å². The molecule has 0 aliphatic rings.